The number of para-hydroxylation sites is 1. The molecular weight excluding hydrogens is 340 g/mol. The number of rotatable bonds is 7. The first kappa shape index (κ1) is 19.4. The van der Waals surface area contributed by atoms with E-state index < -0.39 is 6.10 Å². The van der Waals surface area contributed by atoms with Crippen molar-refractivity contribution in [3.05, 3.63) is 47.8 Å². The summed E-state index contributed by atoms with van der Waals surface area (Å²) in [4.78, 5) is 14.8. The van der Waals surface area contributed by atoms with E-state index >= 15 is 0 Å². The van der Waals surface area contributed by atoms with Gasteiger partial charge in [0.05, 0.1) is 17.9 Å². The van der Waals surface area contributed by atoms with Gasteiger partial charge < -0.3 is 10.1 Å². The lowest BCUT2D eigenvalue weighted by molar-refractivity contribution is -0.127. The Morgan fingerprint density at radius 2 is 2.00 bits per heavy atom. The molecule has 1 aromatic carbocycles. The Hall–Kier alpha value is -2.34. The smallest absolute Gasteiger partial charge is 0.261 e. The second-order valence-electron chi connectivity index (χ2n) is 7.62. The van der Waals surface area contributed by atoms with Gasteiger partial charge in [0.2, 0.25) is 0 Å². The van der Waals surface area contributed by atoms with Crippen LogP contribution in [0.2, 0.25) is 0 Å². The maximum Gasteiger partial charge on any atom is 0.261 e. The van der Waals surface area contributed by atoms with Crippen LogP contribution in [-0.2, 0) is 24.4 Å². The molecule has 0 spiro atoms. The number of benzene rings is 1. The Morgan fingerprint density at radius 1 is 1.22 bits per heavy atom. The van der Waals surface area contributed by atoms with Gasteiger partial charge in [-0.05, 0) is 37.5 Å². The van der Waals surface area contributed by atoms with Crippen molar-refractivity contribution in [1.82, 2.24) is 20.0 Å². The first-order valence-electron chi connectivity index (χ1n) is 9.78. The molecule has 3 rings (SSSR count). The van der Waals surface area contributed by atoms with Gasteiger partial charge in [0, 0.05) is 26.2 Å². The molecular formula is C21H30N4O2. The number of amides is 1. The lowest BCUT2D eigenvalue weighted by atomic mass is 10.2. The molecule has 0 bridgehead atoms. The Kier molecular flexibility index (Phi) is 6.50. The lowest BCUT2D eigenvalue weighted by Crippen LogP contribution is -2.36. The zero-order chi connectivity index (χ0) is 19.2. The zero-order valence-electron chi connectivity index (χ0n) is 16.5. The fourth-order valence-corrected chi connectivity index (χ4v) is 3.42. The molecule has 0 saturated heterocycles. The summed E-state index contributed by atoms with van der Waals surface area (Å²) in [5.74, 6) is 1.21. The summed E-state index contributed by atoms with van der Waals surface area (Å²) in [5.41, 5.74) is 2.13. The molecule has 0 radical (unpaired) electrons. The third-order valence-electron chi connectivity index (χ3n) is 4.64. The Balaban J connectivity index is 1.53. The Bertz CT molecular complexity index is 742. The highest BCUT2D eigenvalue weighted by molar-refractivity contribution is 5.80. The van der Waals surface area contributed by atoms with E-state index in [1.807, 2.05) is 30.3 Å². The van der Waals surface area contributed by atoms with Crippen molar-refractivity contribution in [1.29, 1.82) is 0 Å². The average Bonchev–Trinajstić information content (AvgIpc) is 2.92. The predicted octanol–water partition coefficient (Wildman–Crippen LogP) is 2.83. The lowest BCUT2D eigenvalue weighted by Gasteiger charge is -2.21. The molecule has 2 heterocycles. The molecule has 2 aromatic rings. The van der Waals surface area contributed by atoms with Crippen LogP contribution < -0.4 is 10.1 Å². The summed E-state index contributed by atoms with van der Waals surface area (Å²) in [7, 11) is 0. The zero-order valence-corrected chi connectivity index (χ0v) is 16.5. The fourth-order valence-electron chi connectivity index (χ4n) is 3.42. The molecule has 1 atom stereocenters. The minimum absolute atomic E-state index is 0.136. The first-order valence-corrected chi connectivity index (χ1v) is 9.78. The summed E-state index contributed by atoms with van der Waals surface area (Å²) in [6, 6.07) is 11.5. The van der Waals surface area contributed by atoms with Gasteiger partial charge in [-0.15, -0.1) is 0 Å². The van der Waals surface area contributed by atoms with Crippen LogP contribution in [0.25, 0.3) is 0 Å². The van der Waals surface area contributed by atoms with Crippen molar-refractivity contribution in [2.45, 2.75) is 52.9 Å². The maximum atomic E-state index is 12.3. The molecule has 0 aliphatic carbocycles. The van der Waals surface area contributed by atoms with Crippen LogP contribution in [0.3, 0.4) is 0 Å². The second-order valence-corrected chi connectivity index (χ2v) is 7.62. The molecule has 27 heavy (non-hydrogen) atoms. The van der Waals surface area contributed by atoms with Gasteiger partial charge in [-0.1, -0.05) is 32.0 Å². The van der Waals surface area contributed by atoms with Gasteiger partial charge in [-0.25, -0.2) is 0 Å². The molecule has 1 aromatic heterocycles. The van der Waals surface area contributed by atoms with Crippen LogP contribution in [0.15, 0.2) is 36.4 Å². The monoisotopic (exact) mass is 370 g/mol. The summed E-state index contributed by atoms with van der Waals surface area (Å²) in [5, 5.41) is 7.61. The van der Waals surface area contributed by atoms with Crippen molar-refractivity contribution in [2.75, 3.05) is 13.1 Å². The highest BCUT2D eigenvalue weighted by Crippen LogP contribution is 2.15. The Labute approximate surface area is 161 Å². The molecule has 0 fully saturated rings. The molecule has 0 saturated carbocycles. The summed E-state index contributed by atoms with van der Waals surface area (Å²) in [6.45, 7) is 10.8. The van der Waals surface area contributed by atoms with Gasteiger partial charge >= 0.3 is 0 Å². The summed E-state index contributed by atoms with van der Waals surface area (Å²) < 4.78 is 7.76. The van der Waals surface area contributed by atoms with Gasteiger partial charge in [-0.3, -0.25) is 14.4 Å². The van der Waals surface area contributed by atoms with Crippen molar-refractivity contribution >= 4 is 5.91 Å². The summed E-state index contributed by atoms with van der Waals surface area (Å²) >= 11 is 0. The minimum Gasteiger partial charge on any atom is -0.481 e. The van der Waals surface area contributed by atoms with E-state index in [0.29, 0.717) is 18.2 Å². The van der Waals surface area contributed by atoms with Crippen molar-refractivity contribution < 1.29 is 9.53 Å². The van der Waals surface area contributed by atoms with E-state index in [0.717, 1.165) is 38.3 Å². The second kappa shape index (κ2) is 9.04. The number of hydrogen-bond donors (Lipinski definition) is 1. The van der Waals surface area contributed by atoms with Crippen molar-refractivity contribution in [2.24, 2.45) is 5.92 Å². The van der Waals surface area contributed by atoms with Crippen LogP contribution in [-0.4, -0.2) is 39.8 Å². The van der Waals surface area contributed by atoms with Gasteiger partial charge in [0.15, 0.2) is 6.10 Å². The largest absolute Gasteiger partial charge is 0.481 e. The molecule has 6 heteroatoms. The van der Waals surface area contributed by atoms with Crippen molar-refractivity contribution in [3.8, 4) is 5.75 Å². The van der Waals surface area contributed by atoms with Gasteiger partial charge in [0.1, 0.15) is 5.75 Å². The number of carbonyl (C=O) groups is 1. The van der Waals surface area contributed by atoms with Crippen LogP contribution in [0.4, 0.5) is 0 Å². The quantitative estimate of drug-likeness (QED) is 0.814. The van der Waals surface area contributed by atoms with E-state index in [1.165, 1.54) is 5.69 Å². The number of ether oxygens (including phenoxy) is 1. The topological polar surface area (TPSA) is 59.4 Å². The number of nitrogens with one attached hydrogen (secondary N) is 1. The van der Waals surface area contributed by atoms with Gasteiger partial charge in [0.25, 0.3) is 5.91 Å². The maximum absolute atomic E-state index is 12.3. The fraction of sp³-hybridized carbons (Fsp3) is 0.524. The molecule has 6 nitrogen and oxygen atoms in total. The standard InChI is InChI=1S/C21H30N4O2/c1-16(2)14-24-10-7-11-25-19(15-24)12-18(23-25)13-22-21(26)17(3)27-20-8-5-4-6-9-20/h4-6,8-9,12,16-17H,7,10-11,13-15H2,1-3H3,(H,22,26)/t17-/m0/s1. The molecule has 1 aliphatic rings. The molecule has 1 amide bonds. The van der Waals surface area contributed by atoms with E-state index in [2.05, 4.69) is 39.9 Å². The molecule has 1 aliphatic heterocycles. The van der Waals surface area contributed by atoms with E-state index in [1.54, 1.807) is 6.92 Å². The normalized spacial score (nSPS) is 15.9. The number of aryl methyl sites for hydroxylation is 1. The van der Waals surface area contributed by atoms with Crippen molar-refractivity contribution in [3.63, 3.8) is 0 Å². The minimum atomic E-state index is -0.547. The third-order valence-corrected chi connectivity index (χ3v) is 4.64. The summed E-state index contributed by atoms with van der Waals surface area (Å²) in [6.07, 6.45) is 0.559. The number of carbonyl (C=O) groups excluding carboxylic acids is 1. The molecule has 1 N–H and O–H groups in total. The first-order chi connectivity index (χ1) is 13.0. The Morgan fingerprint density at radius 3 is 2.74 bits per heavy atom. The number of hydrogen-bond acceptors (Lipinski definition) is 4. The van der Waals surface area contributed by atoms with Crippen LogP contribution in [0.5, 0.6) is 5.75 Å². The molecule has 146 valence electrons. The van der Waals surface area contributed by atoms with Crippen LogP contribution in [0, 0.1) is 5.92 Å². The van der Waals surface area contributed by atoms with Gasteiger partial charge in [-0.2, -0.15) is 5.10 Å². The predicted molar refractivity (Wildman–Crippen MR) is 105 cm³/mol. The average molecular weight is 370 g/mol. The third kappa shape index (κ3) is 5.57. The van der Waals surface area contributed by atoms with Crippen LogP contribution >= 0.6 is 0 Å². The van der Waals surface area contributed by atoms with E-state index in [4.69, 9.17) is 4.74 Å². The highest BCUT2D eigenvalue weighted by Gasteiger charge is 2.19. The van der Waals surface area contributed by atoms with Crippen LogP contribution in [0.1, 0.15) is 38.6 Å². The van der Waals surface area contributed by atoms with E-state index in [-0.39, 0.29) is 5.91 Å². The number of aromatic nitrogens is 2. The molecule has 0 unspecified atom stereocenters. The SMILES string of the molecule is CC(C)CN1CCCn2nc(CNC(=O)[C@H](C)Oc3ccccc3)cc2C1. The highest BCUT2D eigenvalue weighted by atomic mass is 16.5. The number of nitrogens with zero attached hydrogens (tertiary/aromatic N) is 3. The number of fused-ring (bicyclic) bond motifs is 1. The van der Waals surface area contributed by atoms with E-state index in [9.17, 15) is 4.79 Å².